The Hall–Kier alpha value is -0.900. The van der Waals surface area contributed by atoms with Gasteiger partial charge in [-0.05, 0) is 26.0 Å². The molecule has 1 aromatic rings. The first-order valence-corrected chi connectivity index (χ1v) is 7.17. The first-order valence-electron chi connectivity index (χ1n) is 7.17. The Labute approximate surface area is 117 Å². The molecule has 0 radical (unpaired) electrons. The Morgan fingerprint density at radius 3 is 2.37 bits per heavy atom. The second-order valence-corrected chi connectivity index (χ2v) is 4.79. The van der Waals surface area contributed by atoms with Crippen LogP contribution >= 0.6 is 0 Å². The van der Waals surface area contributed by atoms with Crippen molar-refractivity contribution < 1.29 is 9.47 Å². The highest BCUT2D eigenvalue weighted by Crippen LogP contribution is 2.13. The maximum Gasteiger partial charge on any atom is 0.0701 e. The molecule has 0 fully saturated rings. The average Bonchev–Trinajstić information content (AvgIpc) is 2.43. The lowest BCUT2D eigenvalue weighted by Crippen LogP contribution is -2.22. The minimum Gasteiger partial charge on any atom is -0.379 e. The maximum absolute atomic E-state index is 5.66. The van der Waals surface area contributed by atoms with E-state index in [4.69, 9.17) is 9.47 Å². The van der Waals surface area contributed by atoms with Crippen molar-refractivity contribution >= 4 is 0 Å². The summed E-state index contributed by atoms with van der Waals surface area (Å²) in [5.74, 6) is 0. The van der Waals surface area contributed by atoms with Crippen LogP contribution in [0, 0.1) is 6.92 Å². The molecule has 0 aromatic heterocycles. The molecule has 1 rings (SSSR count). The van der Waals surface area contributed by atoms with Gasteiger partial charge in [0.05, 0.1) is 25.9 Å². The summed E-state index contributed by atoms with van der Waals surface area (Å²) in [6.07, 6.45) is 2.30. The van der Waals surface area contributed by atoms with Crippen molar-refractivity contribution in [3.63, 3.8) is 0 Å². The Bertz CT molecular complexity index is 324. The number of benzene rings is 1. The lowest BCUT2D eigenvalue weighted by molar-refractivity contribution is 0.0388. The normalized spacial score (nSPS) is 12.6. The van der Waals surface area contributed by atoms with Crippen LogP contribution in [0.1, 0.15) is 36.9 Å². The van der Waals surface area contributed by atoms with E-state index in [0.717, 1.165) is 13.0 Å². The van der Waals surface area contributed by atoms with E-state index < -0.39 is 0 Å². The largest absolute Gasteiger partial charge is 0.379 e. The van der Waals surface area contributed by atoms with Crippen LogP contribution in [0.25, 0.3) is 0 Å². The van der Waals surface area contributed by atoms with Crippen molar-refractivity contribution in [1.29, 1.82) is 0 Å². The molecule has 3 nitrogen and oxygen atoms in total. The van der Waals surface area contributed by atoms with Crippen LogP contribution in [0.15, 0.2) is 24.3 Å². The molecule has 1 atom stereocenters. The summed E-state index contributed by atoms with van der Waals surface area (Å²) in [5, 5.41) is 3.28. The van der Waals surface area contributed by atoms with Crippen molar-refractivity contribution in [2.75, 3.05) is 33.5 Å². The summed E-state index contributed by atoms with van der Waals surface area (Å²) >= 11 is 0. The second kappa shape index (κ2) is 9.96. The lowest BCUT2D eigenvalue weighted by Gasteiger charge is -2.17. The molecule has 3 heteroatoms. The zero-order chi connectivity index (χ0) is 13.9. The van der Waals surface area contributed by atoms with E-state index in [1.165, 1.54) is 17.5 Å². The van der Waals surface area contributed by atoms with E-state index >= 15 is 0 Å². The van der Waals surface area contributed by atoms with Crippen LogP contribution in [-0.4, -0.2) is 33.5 Å². The summed E-state index contributed by atoms with van der Waals surface area (Å²) in [6, 6.07) is 8.81. The Balaban J connectivity index is 2.20. The zero-order valence-electron chi connectivity index (χ0n) is 12.4. The van der Waals surface area contributed by atoms with Gasteiger partial charge in [-0.3, -0.25) is 0 Å². The highest BCUT2D eigenvalue weighted by Gasteiger charge is 2.08. The number of rotatable bonds is 10. The van der Waals surface area contributed by atoms with E-state index in [9.17, 15) is 0 Å². The Morgan fingerprint density at radius 2 is 1.74 bits per heavy atom. The van der Waals surface area contributed by atoms with Gasteiger partial charge >= 0.3 is 0 Å². The minimum atomic E-state index is 0.247. The van der Waals surface area contributed by atoms with Gasteiger partial charge in [0.2, 0.25) is 0 Å². The number of likely N-dealkylation sites (N-methyl/N-ethyl adjacent to an activating group) is 1. The van der Waals surface area contributed by atoms with E-state index in [-0.39, 0.29) is 6.04 Å². The van der Waals surface area contributed by atoms with E-state index in [2.05, 4.69) is 43.4 Å². The van der Waals surface area contributed by atoms with Crippen molar-refractivity contribution in [2.45, 2.75) is 32.7 Å². The fourth-order valence-corrected chi connectivity index (χ4v) is 1.81. The SMILES string of the molecule is CCCCOCCOCC(NC)c1ccc(C)cc1. The van der Waals surface area contributed by atoms with Crippen molar-refractivity contribution in [3.8, 4) is 0 Å². The first-order chi connectivity index (χ1) is 9.27. The molecule has 1 aromatic carbocycles. The molecule has 0 spiro atoms. The summed E-state index contributed by atoms with van der Waals surface area (Å²) in [4.78, 5) is 0. The maximum atomic E-state index is 5.66. The molecular formula is C16H27NO2. The molecule has 0 amide bonds. The van der Waals surface area contributed by atoms with Crippen LogP contribution in [0.3, 0.4) is 0 Å². The number of aryl methyl sites for hydroxylation is 1. The van der Waals surface area contributed by atoms with Gasteiger partial charge < -0.3 is 14.8 Å². The number of nitrogens with one attached hydrogen (secondary N) is 1. The standard InChI is InChI=1S/C16H27NO2/c1-4-5-10-18-11-12-19-13-16(17-3)15-8-6-14(2)7-9-15/h6-9,16-17H,4-5,10-13H2,1-3H3. The Morgan fingerprint density at radius 1 is 1.05 bits per heavy atom. The molecule has 108 valence electrons. The highest BCUT2D eigenvalue weighted by atomic mass is 16.5. The molecule has 1 unspecified atom stereocenters. The molecule has 19 heavy (non-hydrogen) atoms. The molecular weight excluding hydrogens is 238 g/mol. The van der Waals surface area contributed by atoms with Crippen LogP contribution in [-0.2, 0) is 9.47 Å². The third-order valence-corrected chi connectivity index (χ3v) is 3.13. The molecule has 0 aliphatic heterocycles. The third kappa shape index (κ3) is 6.71. The van der Waals surface area contributed by atoms with Gasteiger partial charge in [0.25, 0.3) is 0 Å². The summed E-state index contributed by atoms with van der Waals surface area (Å²) in [6.45, 7) is 7.13. The number of hydrogen-bond acceptors (Lipinski definition) is 3. The average molecular weight is 265 g/mol. The van der Waals surface area contributed by atoms with Crippen LogP contribution in [0.4, 0.5) is 0 Å². The monoisotopic (exact) mass is 265 g/mol. The predicted octanol–water partition coefficient (Wildman–Crippen LogP) is 3.09. The van der Waals surface area contributed by atoms with Crippen molar-refractivity contribution in [2.24, 2.45) is 0 Å². The van der Waals surface area contributed by atoms with Gasteiger partial charge in [0, 0.05) is 6.61 Å². The van der Waals surface area contributed by atoms with E-state index in [1.807, 2.05) is 7.05 Å². The van der Waals surface area contributed by atoms with Gasteiger partial charge in [-0.2, -0.15) is 0 Å². The molecule has 0 aliphatic rings. The van der Waals surface area contributed by atoms with Gasteiger partial charge in [-0.25, -0.2) is 0 Å². The third-order valence-electron chi connectivity index (χ3n) is 3.13. The van der Waals surface area contributed by atoms with Crippen LogP contribution in [0.5, 0.6) is 0 Å². The minimum absolute atomic E-state index is 0.247. The van der Waals surface area contributed by atoms with Gasteiger partial charge in [-0.1, -0.05) is 43.2 Å². The van der Waals surface area contributed by atoms with Crippen molar-refractivity contribution in [1.82, 2.24) is 5.32 Å². The highest BCUT2D eigenvalue weighted by molar-refractivity contribution is 5.24. The molecule has 0 aliphatic carbocycles. The molecule has 0 bridgehead atoms. The first kappa shape index (κ1) is 16.2. The van der Waals surface area contributed by atoms with Gasteiger partial charge in [0.1, 0.15) is 0 Å². The summed E-state index contributed by atoms with van der Waals surface area (Å²) < 4.78 is 11.1. The Kier molecular flexibility index (Phi) is 8.47. The van der Waals surface area contributed by atoms with Crippen LogP contribution < -0.4 is 5.32 Å². The number of ether oxygens (including phenoxy) is 2. The van der Waals surface area contributed by atoms with E-state index in [0.29, 0.717) is 19.8 Å². The second-order valence-electron chi connectivity index (χ2n) is 4.79. The van der Waals surface area contributed by atoms with Crippen LogP contribution in [0.2, 0.25) is 0 Å². The zero-order valence-corrected chi connectivity index (χ0v) is 12.4. The predicted molar refractivity (Wildman–Crippen MR) is 79.5 cm³/mol. The number of unbranched alkanes of at least 4 members (excludes halogenated alkanes) is 1. The molecule has 1 N–H and O–H groups in total. The fourth-order valence-electron chi connectivity index (χ4n) is 1.81. The molecule has 0 heterocycles. The molecule has 0 saturated carbocycles. The quantitative estimate of drug-likeness (QED) is 0.659. The van der Waals surface area contributed by atoms with Crippen molar-refractivity contribution in [3.05, 3.63) is 35.4 Å². The van der Waals surface area contributed by atoms with Gasteiger partial charge in [0.15, 0.2) is 0 Å². The fraction of sp³-hybridized carbons (Fsp3) is 0.625. The summed E-state index contributed by atoms with van der Waals surface area (Å²) in [7, 11) is 1.96. The molecule has 0 saturated heterocycles. The smallest absolute Gasteiger partial charge is 0.0701 e. The topological polar surface area (TPSA) is 30.5 Å². The lowest BCUT2D eigenvalue weighted by atomic mass is 10.1. The van der Waals surface area contributed by atoms with Gasteiger partial charge in [-0.15, -0.1) is 0 Å². The number of hydrogen-bond donors (Lipinski definition) is 1. The summed E-state index contributed by atoms with van der Waals surface area (Å²) in [5.41, 5.74) is 2.55. The van der Waals surface area contributed by atoms with E-state index in [1.54, 1.807) is 0 Å².